The highest BCUT2D eigenvalue weighted by Gasteiger charge is 2.16. The maximum Gasteiger partial charge on any atom is 0.173 e. The van der Waals surface area contributed by atoms with Crippen LogP contribution in [0.15, 0.2) is 47.5 Å². The second kappa shape index (κ2) is 7.61. The minimum absolute atomic E-state index is 0.0603. The zero-order chi connectivity index (χ0) is 18.8. The molecule has 0 saturated heterocycles. The van der Waals surface area contributed by atoms with Crippen molar-refractivity contribution in [2.45, 2.75) is 25.3 Å². The highest BCUT2D eigenvalue weighted by Crippen LogP contribution is 2.32. The van der Waals surface area contributed by atoms with Gasteiger partial charge in [-0.2, -0.15) is 0 Å². The first-order chi connectivity index (χ1) is 13.1. The van der Waals surface area contributed by atoms with Crippen LogP contribution in [0, 0.1) is 6.92 Å². The summed E-state index contributed by atoms with van der Waals surface area (Å²) in [5, 5.41) is 2.07. The lowest BCUT2D eigenvalue weighted by molar-refractivity contribution is 0.102. The van der Waals surface area contributed by atoms with Crippen LogP contribution in [0.25, 0.3) is 10.9 Å². The molecule has 0 spiro atoms. The van der Waals surface area contributed by atoms with Gasteiger partial charge in [-0.3, -0.25) is 4.79 Å². The number of carbonyl (C=O) groups is 1. The van der Waals surface area contributed by atoms with E-state index in [1.54, 1.807) is 18.2 Å². The van der Waals surface area contributed by atoms with Crippen molar-refractivity contribution in [1.29, 1.82) is 0 Å². The number of hydrogen-bond donors (Lipinski definition) is 0. The van der Waals surface area contributed by atoms with Gasteiger partial charge in [0.25, 0.3) is 0 Å². The van der Waals surface area contributed by atoms with E-state index in [4.69, 9.17) is 14.5 Å². The third-order valence-electron chi connectivity index (χ3n) is 4.60. The summed E-state index contributed by atoms with van der Waals surface area (Å²) < 4.78 is 11.1. The van der Waals surface area contributed by atoms with Crippen LogP contribution in [-0.2, 0) is 6.42 Å². The Balaban J connectivity index is 1.54. The van der Waals surface area contributed by atoms with E-state index in [9.17, 15) is 4.79 Å². The number of aromatic nitrogens is 1. The first-order valence-electron chi connectivity index (χ1n) is 9.10. The first kappa shape index (κ1) is 17.9. The summed E-state index contributed by atoms with van der Waals surface area (Å²) in [4.78, 5) is 17.5. The molecule has 1 aliphatic heterocycles. The van der Waals surface area contributed by atoms with Crippen molar-refractivity contribution in [2.75, 3.05) is 19.0 Å². The molecule has 0 bridgehead atoms. The van der Waals surface area contributed by atoms with E-state index >= 15 is 0 Å². The Morgan fingerprint density at radius 3 is 2.70 bits per heavy atom. The van der Waals surface area contributed by atoms with Gasteiger partial charge in [-0.25, -0.2) is 4.98 Å². The number of benzene rings is 2. The van der Waals surface area contributed by atoms with Crippen molar-refractivity contribution in [3.8, 4) is 11.5 Å². The second-order valence-electron chi connectivity index (χ2n) is 6.57. The summed E-state index contributed by atoms with van der Waals surface area (Å²) in [6.45, 7) is 5.24. The quantitative estimate of drug-likeness (QED) is 0.468. The van der Waals surface area contributed by atoms with Crippen LogP contribution in [0.3, 0.4) is 0 Å². The van der Waals surface area contributed by atoms with E-state index < -0.39 is 0 Å². The second-order valence-corrected chi connectivity index (χ2v) is 7.54. The predicted molar refractivity (Wildman–Crippen MR) is 108 cm³/mol. The largest absolute Gasteiger partial charge is 0.486 e. The number of aryl methyl sites for hydroxylation is 2. The molecule has 5 heteroatoms. The van der Waals surface area contributed by atoms with Crippen LogP contribution < -0.4 is 9.47 Å². The van der Waals surface area contributed by atoms with Crippen molar-refractivity contribution in [2.24, 2.45) is 0 Å². The zero-order valence-corrected chi connectivity index (χ0v) is 16.3. The zero-order valence-electron chi connectivity index (χ0n) is 15.5. The van der Waals surface area contributed by atoms with Crippen molar-refractivity contribution >= 4 is 28.4 Å². The summed E-state index contributed by atoms with van der Waals surface area (Å²) >= 11 is 1.50. The summed E-state index contributed by atoms with van der Waals surface area (Å²) in [5.41, 5.74) is 3.97. The molecule has 0 N–H and O–H groups in total. The van der Waals surface area contributed by atoms with Gasteiger partial charge in [0.1, 0.15) is 18.2 Å². The van der Waals surface area contributed by atoms with Gasteiger partial charge in [0.15, 0.2) is 17.3 Å². The number of fused-ring (bicyclic) bond motifs is 2. The fraction of sp³-hybridized carbons (Fsp3) is 0.273. The molecule has 2 heterocycles. The summed E-state index contributed by atoms with van der Waals surface area (Å²) in [7, 11) is 0. The molecule has 0 unspecified atom stereocenters. The molecule has 138 valence electrons. The van der Waals surface area contributed by atoms with E-state index in [-0.39, 0.29) is 5.78 Å². The lowest BCUT2D eigenvalue weighted by Crippen LogP contribution is -2.16. The third-order valence-corrected chi connectivity index (χ3v) is 5.63. The molecule has 0 saturated carbocycles. The fourth-order valence-electron chi connectivity index (χ4n) is 3.12. The molecule has 0 amide bonds. The topological polar surface area (TPSA) is 48.4 Å². The number of thioether (sulfide) groups is 1. The third kappa shape index (κ3) is 3.78. The van der Waals surface area contributed by atoms with E-state index in [1.165, 1.54) is 22.9 Å². The highest BCUT2D eigenvalue weighted by molar-refractivity contribution is 8.00. The molecule has 1 aliphatic rings. The average molecular weight is 379 g/mol. The number of pyridine rings is 1. The molecule has 0 radical (unpaired) electrons. The first-order valence-corrected chi connectivity index (χ1v) is 10.1. The predicted octanol–water partition coefficient (Wildman–Crippen LogP) is 4.85. The Kier molecular flexibility index (Phi) is 5.03. The number of rotatable bonds is 5. The highest BCUT2D eigenvalue weighted by atomic mass is 32.2. The SMILES string of the molecule is CCc1cc2ccc(C)cc2nc1SCC(=O)c1ccc2c(c1)OCCO2. The maximum absolute atomic E-state index is 12.7. The Morgan fingerprint density at radius 1 is 1.07 bits per heavy atom. The molecule has 0 fully saturated rings. The van der Waals surface area contributed by atoms with Gasteiger partial charge < -0.3 is 9.47 Å². The molecule has 0 atom stereocenters. The number of nitrogens with zero attached hydrogens (tertiary/aromatic N) is 1. The maximum atomic E-state index is 12.7. The van der Waals surface area contributed by atoms with Crippen molar-refractivity contribution in [3.63, 3.8) is 0 Å². The average Bonchev–Trinajstić information content (AvgIpc) is 2.70. The summed E-state index contributed by atoms with van der Waals surface area (Å²) in [5.74, 6) is 1.75. The minimum atomic E-state index is 0.0603. The van der Waals surface area contributed by atoms with Gasteiger partial charge in [-0.1, -0.05) is 30.8 Å². The number of carbonyl (C=O) groups excluding carboxylic acids is 1. The molecule has 1 aromatic heterocycles. The van der Waals surface area contributed by atoms with Crippen LogP contribution in [0.5, 0.6) is 11.5 Å². The summed E-state index contributed by atoms with van der Waals surface area (Å²) in [6, 6.07) is 13.8. The van der Waals surface area contributed by atoms with Crippen LogP contribution >= 0.6 is 11.8 Å². The monoisotopic (exact) mass is 379 g/mol. The van der Waals surface area contributed by atoms with Gasteiger partial charge in [-0.15, -0.1) is 0 Å². The van der Waals surface area contributed by atoms with Gasteiger partial charge in [0, 0.05) is 10.9 Å². The molecule has 2 aromatic carbocycles. The fourth-order valence-corrected chi connectivity index (χ4v) is 4.10. The van der Waals surface area contributed by atoms with Crippen LogP contribution in [0.2, 0.25) is 0 Å². The Hall–Kier alpha value is -2.53. The van der Waals surface area contributed by atoms with Crippen molar-refractivity contribution in [1.82, 2.24) is 4.98 Å². The number of Topliss-reactive ketones (excluding diaryl/α,β-unsaturated/α-hetero) is 1. The van der Waals surface area contributed by atoms with Gasteiger partial charge in [0.2, 0.25) is 0 Å². The van der Waals surface area contributed by atoms with Crippen LogP contribution in [0.4, 0.5) is 0 Å². The Morgan fingerprint density at radius 2 is 1.89 bits per heavy atom. The summed E-state index contributed by atoms with van der Waals surface area (Å²) in [6.07, 6.45) is 0.886. The van der Waals surface area contributed by atoms with E-state index in [1.807, 2.05) is 0 Å². The van der Waals surface area contributed by atoms with Gasteiger partial charge >= 0.3 is 0 Å². The minimum Gasteiger partial charge on any atom is -0.486 e. The molecule has 0 aliphatic carbocycles. The van der Waals surface area contributed by atoms with E-state index in [0.717, 1.165) is 22.3 Å². The van der Waals surface area contributed by atoms with Crippen molar-refractivity contribution in [3.05, 3.63) is 59.2 Å². The number of ether oxygens (including phenoxy) is 2. The van der Waals surface area contributed by atoms with Crippen LogP contribution in [0.1, 0.15) is 28.4 Å². The normalized spacial score (nSPS) is 13.0. The van der Waals surface area contributed by atoms with Crippen molar-refractivity contribution < 1.29 is 14.3 Å². The van der Waals surface area contributed by atoms with Gasteiger partial charge in [-0.05, 0) is 54.8 Å². The molecular formula is C22H21NO3S. The number of ketones is 1. The molecular weight excluding hydrogens is 358 g/mol. The van der Waals surface area contributed by atoms with Gasteiger partial charge in [0.05, 0.1) is 11.3 Å². The lowest BCUT2D eigenvalue weighted by atomic mass is 10.1. The van der Waals surface area contributed by atoms with E-state index in [2.05, 4.69) is 38.1 Å². The number of hydrogen-bond acceptors (Lipinski definition) is 5. The Labute approximate surface area is 162 Å². The lowest BCUT2D eigenvalue weighted by Gasteiger charge is -2.18. The standard InChI is InChI=1S/C22H21NO3S/c1-3-15-11-16-5-4-14(2)10-18(16)23-22(15)27-13-19(24)17-6-7-20-21(12-17)26-9-8-25-20/h4-7,10-12H,3,8-9,13H2,1-2H3. The molecule has 3 aromatic rings. The smallest absolute Gasteiger partial charge is 0.173 e. The molecule has 4 rings (SSSR count). The van der Waals surface area contributed by atoms with E-state index in [0.29, 0.717) is 36.0 Å². The Bertz CT molecular complexity index is 1020. The molecule has 27 heavy (non-hydrogen) atoms. The van der Waals surface area contributed by atoms with Crippen LogP contribution in [-0.4, -0.2) is 29.7 Å². The molecule has 4 nitrogen and oxygen atoms in total.